The van der Waals surface area contributed by atoms with Gasteiger partial charge in [-0.05, 0) is 50.2 Å². The van der Waals surface area contributed by atoms with Gasteiger partial charge in [0.15, 0.2) is 0 Å². The second kappa shape index (κ2) is 8.61. The molecular weight excluding hydrogens is 346 g/mol. The molecule has 1 saturated carbocycles. The van der Waals surface area contributed by atoms with E-state index in [1.54, 1.807) is 0 Å². The van der Waals surface area contributed by atoms with Gasteiger partial charge in [0.1, 0.15) is 12.4 Å². The van der Waals surface area contributed by atoms with Gasteiger partial charge in [0, 0.05) is 26.2 Å². The number of ether oxygens (including phenoxy) is 2. The van der Waals surface area contributed by atoms with E-state index < -0.39 is 0 Å². The second-order valence-corrected chi connectivity index (χ2v) is 7.30. The van der Waals surface area contributed by atoms with Gasteiger partial charge < -0.3 is 25.0 Å². The van der Waals surface area contributed by atoms with Crippen molar-refractivity contribution in [3.8, 4) is 5.75 Å². The fraction of sp³-hybridized carbons (Fsp3) is 0.600. The summed E-state index contributed by atoms with van der Waals surface area (Å²) in [7, 11) is 1.52. The minimum atomic E-state index is -0.101. The number of carbonyl (C=O) groups is 2. The number of nitrogens with one attached hydrogen (secondary N) is 2. The Morgan fingerprint density at radius 3 is 2.59 bits per heavy atom. The van der Waals surface area contributed by atoms with E-state index in [-0.39, 0.29) is 30.0 Å². The zero-order valence-electron chi connectivity index (χ0n) is 16.1. The van der Waals surface area contributed by atoms with Crippen LogP contribution in [0.15, 0.2) is 24.3 Å². The fourth-order valence-electron chi connectivity index (χ4n) is 4.09. The first kappa shape index (κ1) is 19.5. The van der Waals surface area contributed by atoms with E-state index in [4.69, 9.17) is 9.47 Å². The predicted octanol–water partition coefficient (Wildman–Crippen LogP) is 2.62. The van der Waals surface area contributed by atoms with Crippen molar-refractivity contribution in [3.05, 3.63) is 24.3 Å². The summed E-state index contributed by atoms with van der Waals surface area (Å²) in [5.41, 5.74) is 0.821. The minimum Gasteiger partial charge on any atom is -0.492 e. The van der Waals surface area contributed by atoms with Gasteiger partial charge in [0.2, 0.25) is 5.91 Å². The molecule has 7 heteroatoms. The lowest BCUT2D eigenvalue weighted by molar-refractivity contribution is -0.129. The molecule has 0 bridgehead atoms. The van der Waals surface area contributed by atoms with Gasteiger partial charge in [-0.2, -0.15) is 0 Å². The highest BCUT2D eigenvalue weighted by atomic mass is 16.5. The van der Waals surface area contributed by atoms with Crippen molar-refractivity contribution in [3.63, 3.8) is 0 Å². The summed E-state index contributed by atoms with van der Waals surface area (Å²) in [5.74, 6) is 0.621. The van der Waals surface area contributed by atoms with Crippen molar-refractivity contribution in [2.75, 3.05) is 38.7 Å². The van der Waals surface area contributed by atoms with Gasteiger partial charge in [0.25, 0.3) is 0 Å². The molecular formula is C20H29N3O4. The second-order valence-electron chi connectivity index (χ2n) is 7.30. The van der Waals surface area contributed by atoms with Crippen LogP contribution in [0.5, 0.6) is 5.75 Å². The van der Waals surface area contributed by atoms with Crippen LogP contribution in [-0.2, 0) is 9.53 Å². The highest BCUT2D eigenvalue weighted by molar-refractivity contribution is 5.91. The first-order chi connectivity index (χ1) is 13.1. The van der Waals surface area contributed by atoms with Crippen molar-refractivity contribution in [1.82, 2.24) is 10.2 Å². The maximum absolute atomic E-state index is 12.7. The molecule has 1 heterocycles. The Hall–Kier alpha value is -2.28. The molecule has 1 aromatic carbocycles. The van der Waals surface area contributed by atoms with Gasteiger partial charge in [-0.15, -0.1) is 0 Å². The van der Waals surface area contributed by atoms with Crippen LogP contribution < -0.4 is 15.4 Å². The molecule has 0 radical (unpaired) electrons. The van der Waals surface area contributed by atoms with Crippen LogP contribution in [0.4, 0.5) is 10.5 Å². The fourth-order valence-corrected chi connectivity index (χ4v) is 4.09. The minimum absolute atomic E-state index is 0.0609. The number of methoxy groups -OCH3 is 1. The maximum atomic E-state index is 12.7. The average Bonchev–Trinajstić information content (AvgIpc) is 2.67. The number of rotatable bonds is 6. The molecule has 3 rings (SSSR count). The standard InChI is InChI=1S/C20H29N3O4/c1-3-27-16-7-5-4-6-15(16)21-19(25)23-12-10-20(11-13-23)9-8-17(20)22-18(24)14-26-2/h4-7,17H,3,8-14H2,1-2H3,(H,21,25)(H,22,24). The predicted molar refractivity (Wildman–Crippen MR) is 103 cm³/mol. The lowest BCUT2D eigenvalue weighted by Crippen LogP contribution is -2.60. The summed E-state index contributed by atoms with van der Waals surface area (Å²) >= 11 is 0. The molecule has 0 aromatic heterocycles. The van der Waals surface area contributed by atoms with Crippen LogP contribution in [0.3, 0.4) is 0 Å². The van der Waals surface area contributed by atoms with Crippen LogP contribution in [0.25, 0.3) is 0 Å². The van der Waals surface area contributed by atoms with Gasteiger partial charge in [0.05, 0.1) is 12.3 Å². The first-order valence-electron chi connectivity index (χ1n) is 9.64. The first-order valence-corrected chi connectivity index (χ1v) is 9.64. The zero-order valence-corrected chi connectivity index (χ0v) is 16.1. The zero-order chi connectivity index (χ0) is 19.3. The number of amides is 3. The van der Waals surface area contributed by atoms with E-state index in [0.717, 1.165) is 25.7 Å². The molecule has 2 aliphatic rings. The van der Waals surface area contributed by atoms with E-state index in [0.29, 0.717) is 31.1 Å². The third kappa shape index (κ3) is 4.35. The highest BCUT2D eigenvalue weighted by Crippen LogP contribution is 2.49. The summed E-state index contributed by atoms with van der Waals surface area (Å²) in [6.45, 7) is 3.96. The van der Waals surface area contributed by atoms with Crippen molar-refractivity contribution in [2.24, 2.45) is 5.41 Å². The SMILES string of the molecule is CCOc1ccccc1NC(=O)N1CCC2(CCC2NC(=O)COC)CC1. The number of piperidine rings is 1. The van der Waals surface area contributed by atoms with Crippen LogP contribution in [0, 0.1) is 5.41 Å². The molecule has 7 nitrogen and oxygen atoms in total. The molecule has 1 saturated heterocycles. The third-order valence-electron chi connectivity index (χ3n) is 5.76. The van der Waals surface area contributed by atoms with Crippen molar-refractivity contribution in [2.45, 2.75) is 38.6 Å². The van der Waals surface area contributed by atoms with Crippen LogP contribution in [0.2, 0.25) is 0 Å². The van der Waals surface area contributed by atoms with Crippen molar-refractivity contribution < 1.29 is 19.1 Å². The molecule has 1 spiro atoms. The number of carbonyl (C=O) groups excluding carboxylic acids is 2. The molecule has 3 amide bonds. The van der Waals surface area contributed by atoms with E-state index in [1.165, 1.54) is 7.11 Å². The number of anilines is 1. The van der Waals surface area contributed by atoms with Crippen LogP contribution in [-0.4, -0.2) is 56.3 Å². The summed E-state index contributed by atoms with van der Waals surface area (Å²) in [6.07, 6.45) is 3.92. The van der Waals surface area contributed by atoms with Gasteiger partial charge in [-0.1, -0.05) is 12.1 Å². The number of nitrogens with zero attached hydrogens (tertiary/aromatic N) is 1. The van der Waals surface area contributed by atoms with E-state index in [9.17, 15) is 9.59 Å². The van der Waals surface area contributed by atoms with Crippen molar-refractivity contribution >= 4 is 17.6 Å². The van der Waals surface area contributed by atoms with Crippen LogP contribution in [0.1, 0.15) is 32.6 Å². The lowest BCUT2D eigenvalue weighted by atomic mass is 9.59. The Kier molecular flexibility index (Phi) is 6.21. The summed E-state index contributed by atoms with van der Waals surface area (Å²) < 4.78 is 10.5. The maximum Gasteiger partial charge on any atom is 0.321 e. The Balaban J connectivity index is 1.53. The van der Waals surface area contributed by atoms with Gasteiger partial charge in [-0.25, -0.2) is 4.79 Å². The summed E-state index contributed by atoms with van der Waals surface area (Å²) in [4.78, 5) is 26.3. The quantitative estimate of drug-likeness (QED) is 0.801. The normalized spacial score (nSPS) is 20.7. The number of benzene rings is 1. The Morgan fingerprint density at radius 1 is 1.22 bits per heavy atom. The van der Waals surface area contributed by atoms with E-state index in [1.807, 2.05) is 36.1 Å². The van der Waals surface area contributed by atoms with E-state index in [2.05, 4.69) is 10.6 Å². The smallest absolute Gasteiger partial charge is 0.321 e. The summed E-state index contributed by atoms with van der Waals surface area (Å²) in [5, 5.41) is 6.05. The molecule has 2 fully saturated rings. The highest BCUT2D eigenvalue weighted by Gasteiger charge is 2.49. The van der Waals surface area contributed by atoms with Gasteiger partial charge in [-0.3, -0.25) is 4.79 Å². The Morgan fingerprint density at radius 2 is 1.96 bits per heavy atom. The molecule has 1 aromatic rings. The van der Waals surface area contributed by atoms with Crippen LogP contribution >= 0.6 is 0 Å². The van der Waals surface area contributed by atoms with E-state index >= 15 is 0 Å². The number of para-hydroxylation sites is 2. The average molecular weight is 375 g/mol. The third-order valence-corrected chi connectivity index (χ3v) is 5.76. The Bertz CT molecular complexity index is 671. The summed E-state index contributed by atoms with van der Waals surface area (Å²) in [6, 6.07) is 7.57. The number of likely N-dealkylation sites (tertiary alicyclic amines) is 1. The number of hydrogen-bond acceptors (Lipinski definition) is 4. The number of urea groups is 1. The largest absolute Gasteiger partial charge is 0.492 e. The molecule has 148 valence electrons. The molecule has 27 heavy (non-hydrogen) atoms. The Labute approximate surface area is 160 Å². The van der Waals surface area contributed by atoms with Gasteiger partial charge >= 0.3 is 6.03 Å². The molecule has 1 atom stereocenters. The lowest BCUT2D eigenvalue weighted by Gasteiger charge is -2.54. The molecule has 1 aliphatic carbocycles. The molecule has 1 aliphatic heterocycles. The molecule has 2 N–H and O–H groups in total. The topological polar surface area (TPSA) is 79.9 Å². The number of hydrogen-bond donors (Lipinski definition) is 2. The molecule has 1 unspecified atom stereocenters. The van der Waals surface area contributed by atoms with Crippen molar-refractivity contribution in [1.29, 1.82) is 0 Å². The monoisotopic (exact) mass is 375 g/mol.